The quantitative estimate of drug-likeness (QED) is 0.654. The first-order chi connectivity index (χ1) is 9.77. The highest BCUT2D eigenvalue weighted by Gasteiger charge is 2.53. The van der Waals surface area contributed by atoms with E-state index in [1.54, 1.807) is 0 Å². The minimum Gasteiger partial charge on any atom is -0.271 e. The van der Waals surface area contributed by atoms with Crippen LogP contribution in [-0.4, -0.2) is 11.0 Å². The Hall–Kier alpha value is -0.930. The molecule has 1 aromatic rings. The van der Waals surface area contributed by atoms with Crippen molar-refractivity contribution in [2.75, 3.05) is 0 Å². The Morgan fingerprint density at radius 2 is 1.80 bits per heavy atom. The fourth-order valence-corrected chi connectivity index (χ4v) is 5.78. The van der Waals surface area contributed by atoms with E-state index in [0.29, 0.717) is 11.5 Å². The van der Waals surface area contributed by atoms with E-state index in [9.17, 15) is 0 Å². The van der Waals surface area contributed by atoms with Crippen LogP contribution in [-0.2, 0) is 6.42 Å². The number of nitrogens with one attached hydrogen (secondary N) is 1. The average molecular weight is 271 g/mol. The molecule has 4 bridgehead atoms. The van der Waals surface area contributed by atoms with Crippen LogP contribution in [0, 0.1) is 23.2 Å². The summed E-state index contributed by atoms with van der Waals surface area (Å²) in [6.07, 6.45) is 11.5. The number of nitrogens with zero attached hydrogens (tertiary/aromatic N) is 1. The van der Waals surface area contributed by atoms with Gasteiger partial charge in [-0.05, 0) is 73.8 Å². The highest BCUT2D eigenvalue weighted by atomic mass is 15.2. The molecule has 5 rings (SSSR count). The van der Waals surface area contributed by atoms with Gasteiger partial charge in [0, 0.05) is 24.4 Å². The maximum absolute atomic E-state index is 5.96. The van der Waals surface area contributed by atoms with Crippen molar-refractivity contribution in [3.8, 4) is 0 Å². The molecule has 1 unspecified atom stereocenters. The normalized spacial score (nSPS) is 40.0. The SMILES string of the molecule is NNC(Cc1ccccn1)C12CC3CC(CC(C3)C1)C2. The van der Waals surface area contributed by atoms with Crippen LogP contribution < -0.4 is 11.3 Å². The third-order valence-corrected chi connectivity index (χ3v) is 6.17. The molecule has 1 heterocycles. The number of pyridine rings is 1. The topological polar surface area (TPSA) is 50.9 Å². The molecule has 3 nitrogen and oxygen atoms in total. The largest absolute Gasteiger partial charge is 0.271 e. The number of hydrogen-bond acceptors (Lipinski definition) is 3. The van der Waals surface area contributed by atoms with Crippen LogP contribution in [0.2, 0.25) is 0 Å². The van der Waals surface area contributed by atoms with E-state index in [2.05, 4.69) is 22.5 Å². The van der Waals surface area contributed by atoms with Gasteiger partial charge in [-0.2, -0.15) is 0 Å². The van der Waals surface area contributed by atoms with Gasteiger partial charge in [0.1, 0.15) is 0 Å². The number of aromatic nitrogens is 1. The summed E-state index contributed by atoms with van der Waals surface area (Å²) in [5.41, 5.74) is 4.79. The molecule has 0 saturated heterocycles. The monoisotopic (exact) mass is 271 g/mol. The number of nitrogens with two attached hydrogens (primary N) is 1. The van der Waals surface area contributed by atoms with E-state index >= 15 is 0 Å². The minimum atomic E-state index is 0.394. The summed E-state index contributed by atoms with van der Waals surface area (Å²) in [7, 11) is 0. The van der Waals surface area contributed by atoms with E-state index in [0.717, 1.165) is 24.2 Å². The number of hydrogen-bond donors (Lipinski definition) is 2. The lowest BCUT2D eigenvalue weighted by molar-refractivity contribution is -0.0738. The number of rotatable bonds is 4. The lowest BCUT2D eigenvalue weighted by Crippen LogP contribution is -2.58. The van der Waals surface area contributed by atoms with Gasteiger partial charge < -0.3 is 0 Å². The first-order valence-electron chi connectivity index (χ1n) is 8.13. The van der Waals surface area contributed by atoms with Crippen molar-refractivity contribution in [1.82, 2.24) is 10.4 Å². The molecule has 20 heavy (non-hydrogen) atoms. The molecule has 0 spiro atoms. The van der Waals surface area contributed by atoms with Crippen LogP contribution in [0.3, 0.4) is 0 Å². The molecule has 4 aliphatic carbocycles. The zero-order chi connectivity index (χ0) is 13.6. The third kappa shape index (κ3) is 2.08. The molecule has 0 aliphatic heterocycles. The van der Waals surface area contributed by atoms with Crippen molar-refractivity contribution in [2.24, 2.45) is 29.0 Å². The predicted molar refractivity (Wildman–Crippen MR) is 79.7 cm³/mol. The molecule has 0 amide bonds. The molecule has 1 atom stereocenters. The molecule has 1 aromatic heterocycles. The second kappa shape index (κ2) is 4.81. The molecule has 4 fully saturated rings. The Balaban J connectivity index is 1.58. The number of hydrazine groups is 1. The summed E-state index contributed by atoms with van der Waals surface area (Å²) in [5.74, 6) is 8.88. The van der Waals surface area contributed by atoms with Crippen LogP contribution in [0.5, 0.6) is 0 Å². The van der Waals surface area contributed by atoms with Crippen LogP contribution >= 0.6 is 0 Å². The Kier molecular flexibility index (Phi) is 3.08. The van der Waals surface area contributed by atoms with Gasteiger partial charge in [-0.1, -0.05) is 6.07 Å². The van der Waals surface area contributed by atoms with Crippen LogP contribution in [0.25, 0.3) is 0 Å². The van der Waals surface area contributed by atoms with Gasteiger partial charge in [-0.3, -0.25) is 16.3 Å². The van der Waals surface area contributed by atoms with Gasteiger partial charge >= 0.3 is 0 Å². The molecule has 3 heteroatoms. The van der Waals surface area contributed by atoms with Crippen LogP contribution in [0.4, 0.5) is 0 Å². The van der Waals surface area contributed by atoms with E-state index in [-0.39, 0.29) is 0 Å². The van der Waals surface area contributed by atoms with Gasteiger partial charge in [-0.15, -0.1) is 0 Å². The Morgan fingerprint density at radius 1 is 1.15 bits per heavy atom. The first kappa shape index (κ1) is 12.8. The van der Waals surface area contributed by atoms with Gasteiger partial charge in [0.05, 0.1) is 0 Å². The molecule has 3 N–H and O–H groups in total. The highest BCUT2D eigenvalue weighted by molar-refractivity contribution is 5.11. The average Bonchev–Trinajstić information content (AvgIpc) is 2.44. The molecule has 0 radical (unpaired) electrons. The zero-order valence-corrected chi connectivity index (χ0v) is 12.1. The molecule has 4 aliphatic rings. The Labute approximate surface area is 121 Å². The summed E-state index contributed by atoms with van der Waals surface area (Å²) in [6, 6.07) is 6.59. The van der Waals surface area contributed by atoms with E-state index < -0.39 is 0 Å². The fourth-order valence-electron chi connectivity index (χ4n) is 5.78. The highest BCUT2D eigenvalue weighted by Crippen LogP contribution is 2.61. The van der Waals surface area contributed by atoms with Gasteiger partial charge in [0.2, 0.25) is 0 Å². The molecular formula is C17H25N3. The zero-order valence-electron chi connectivity index (χ0n) is 12.1. The lowest BCUT2D eigenvalue weighted by Gasteiger charge is -2.59. The van der Waals surface area contributed by atoms with Gasteiger partial charge in [-0.25, -0.2) is 0 Å². The molecule has 4 saturated carbocycles. The second-order valence-electron chi connectivity index (χ2n) is 7.52. The van der Waals surface area contributed by atoms with Gasteiger partial charge in [0.15, 0.2) is 0 Å². The standard InChI is InChI=1S/C17H25N3/c18-20-16(8-15-3-1-2-4-19-15)17-9-12-5-13(10-17)7-14(6-12)11-17/h1-4,12-14,16,20H,5-11,18H2. The summed E-state index contributed by atoms with van der Waals surface area (Å²) in [5, 5.41) is 0. The summed E-state index contributed by atoms with van der Waals surface area (Å²) < 4.78 is 0. The van der Waals surface area contributed by atoms with Crippen molar-refractivity contribution in [2.45, 2.75) is 51.0 Å². The minimum absolute atomic E-state index is 0.394. The van der Waals surface area contributed by atoms with Crippen molar-refractivity contribution >= 4 is 0 Å². The molecule has 108 valence electrons. The van der Waals surface area contributed by atoms with Gasteiger partial charge in [0.25, 0.3) is 0 Å². The third-order valence-electron chi connectivity index (χ3n) is 6.17. The smallest absolute Gasteiger partial charge is 0.0419 e. The Bertz CT molecular complexity index is 435. The Morgan fingerprint density at radius 3 is 2.30 bits per heavy atom. The maximum atomic E-state index is 5.96. The summed E-state index contributed by atoms with van der Waals surface area (Å²) in [4.78, 5) is 4.50. The maximum Gasteiger partial charge on any atom is 0.0419 e. The first-order valence-corrected chi connectivity index (χ1v) is 8.13. The van der Waals surface area contributed by atoms with Crippen molar-refractivity contribution in [3.05, 3.63) is 30.1 Å². The second-order valence-corrected chi connectivity index (χ2v) is 7.52. The van der Waals surface area contributed by atoms with Crippen molar-refractivity contribution in [1.29, 1.82) is 0 Å². The van der Waals surface area contributed by atoms with Crippen LogP contribution in [0.15, 0.2) is 24.4 Å². The summed E-state index contributed by atoms with van der Waals surface area (Å²) >= 11 is 0. The predicted octanol–water partition coefficient (Wildman–Crippen LogP) is 2.67. The van der Waals surface area contributed by atoms with Crippen LogP contribution in [0.1, 0.15) is 44.2 Å². The van der Waals surface area contributed by atoms with E-state index in [4.69, 9.17) is 5.84 Å². The van der Waals surface area contributed by atoms with E-state index in [1.807, 2.05) is 12.3 Å². The van der Waals surface area contributed by atoms with Crippen molar-refractivity contribution < 1.29 is 0 Å². The lowest BCUT2D eigenvalue weighted by atomic mass is 9.47. The van der Waals surface area contributed by atoms with E-state index in [1.165, 1.54) is 44.2 Å². The van der Waals surface area contributed by atoms with Crippen molar-refractivity contribution in [3.63, 3.8) is 0 Å². The summed E-state index contributed by atoms with van der Waals surface area (Å²) in [6.45, 7) is 0. The molecule has 0 aromatic carbocycles. The molecular weight excluding hydrogens is 246 g/mol. The fraction of sp³-hybridized carbons (Fsp3) is 0.706.